The Hall–Kier alpha value is -2.71. The molecule has 0 atom stereocenters. The highest BCUT2D eigenvalue weighted by atomic mass is 32.2. The van der Waals surface area contributed by atoms with Crippen LogP contribution < -0.4 is 4.74 Å². The Morgan fingerprint density at radius 2 is 1.74 bits per heavy atom. The molecule has 8 heteroatoms. The number of ether oxygens (including phenoxy) is 1. The highest BCUT2D eigenvalue weighted by molar-refractivity contribution is 7.89. The van der Waals surface area contributed by atoms with Crippen molar-refractivity contribution >= 4 is 10.0 Å². The number of hydrogen-bond acceptors (Lipinski definition) is 6. The lowest BCUT2D eigenvalue weighted by Gasteiger charge is -2.19. The lowest BCUT2D eigenvalue weighted by atomic mass is 10.1. The van der Waals surface area contributed by atoms with Crippen LogP contribution >= 0.6 is 0 Å². The van der Waals surface area contributed by atoms with E-state index < -0.39 is 10.0 Å². The molecule has 0 amide bonds. The second-order valence-electron chi connectivity index (χ2n) is 6.23. The van der Waals surface area contributed by atoms with Gasteiger partial charge in [-0.1, -0.05) is 35.5 Å². The van der Waals surface area contributed by atoms with Gasteiger partial charge >= 0.3 is 0 Å². The Labute approximate surface area is 158 Å². The van der Waals surface area contributed by atoms with Crippen LogP contribution in [0.4, 0.5) is 0 Å². The van der Waals surface area contributed by atoms with Gasteiger partial charge in [0.25, 0.3) is 0 Å². The highest BCUT2D eigenvalue weighted by Crippen LogP contribution is 2.28. The van der Waals surface area contributed by atoms with Crippen LogP contribution in [-0.4, -0.2) is 37.0 Å². The summed E-state index contributed by atoms with van der Waals surface area (Å²) in [6.07, 6.45) is 0. The van der Waals surface area contributed by atoms with Crippen LogP contribution in [0.1, 0.15) is 17.0 Å². The number of hydrogen-bond donors (Lipinski definition) is 0. The van der Waals surface area contributed by atoms with Crippen molar-refractivity contribution in [1.29, 1.82) is 0 Å². The number of sulfonamides is 1. The second-order valence-corrected chi connectivity index (χ2v) is 8.21. The van der Waals surface area contributed by atoms with Crippen LogP contribution in [0.25, 0.3) is 11.4 Å². The predicted octanol–water partition coefficient (Wildman–Crippen LogP) is 3.18. The Morgan fingerprint density at radius 3 is 2.33 bits per heavy atom. The van der Waals surface area contributed by atoms with Gasteiger partial charge in [-0.3, -0.25) is 0 Å². The lowest BCUT2D eigenvalue weighted by molar-refractivity contribution is 0.336. The molecule has 0 spiro atoms. The Balaban J connectivity index is 1.86. The maximum absolute atomic E-state index is 13.0. The fourth-order valence-electron chi connectivity index (χ4n) is 2.89. The third-order valence-electron chi connectivity index (χ3n) is 4.20. The summed E-state index contributed by atoms with van der Waals surface area (Å²) < 4.78 is 37.7. The highest BCUT2D eigenvalue weighted by Gasteiger charge is 2.27. The number of benzene rings is 2. The molecule has 0 unspecified atom stereocenters. The SMILES string of the molecule is COc1cc(C)c(S(=O)(=O)N(C)Cc2nc(-c3ccccc3)no2)c(C)c1. The van der Waals surface area contributed by atoms with Crippen LogP contribution in [0.15, 0.2) is 51.9 Å². The third-order valence-corrected chi connectivity index (χ3v) is 6.31. The average molecular weight is 387 g/mol. The van der Waals surface area contributed by atoms with Gasteiger partial charge < -0.3 is 9.26 Å². The zero-order chi connectivity index (χ0) is 19.6. The van der Waals surface area contributed by atoms with Crippen molar-refractivity contribution in [2.75, 3.05) is 14.2 Å². The molecule has 7 nitrogen and oxygen atoms in total. The van der Waals surface area contributed by atoms with E-state index in [9.17, 15) is 8.42 Å². The number of nitrogens with zero attached hydrogens (tertiary/aromatic N) is 3. The van der Waals surface area contributed by atoms with Gasteiger partial charge in [0.1, 0.15) is 5.75 Å². The first kappa shape index (κ1) is 19.1. The molecule has 0 saturated heterocycles. The van der Waals surface area contributed by atoms with Gasteiger partial charge in [-0.05, 0) is 37.1 Å². The number of rotatable bonds is 6. The van der Waals surface area contributed by atoms with Crippen LogP contribution in [0.3, 0.4) is 0 Å². The summed E-state index contributed by atoms with van der Waals surface area (Å²) >= 11 is 0. The molecule has 0 N–H and O–H groups in total. The molecule has 0 aliphatic rings. The zero-order valence-electron chi connectivity index (χ0n) is 15.6. The predicted molar refractivity (Wildman–Crippen MR) is 101 cm³/mol. The van der Waals surface area contributed by atoms with E-state index in [2.05, 4.69) is 10.1 Å². The van der Waals surface area contributed by atoms with E-state index in [-0.39, 0.29) is 17.3 Å². The van der Waals surface area contributed by atoms with E-state index in [4.69, 9.17) is 9.26 Å². The molecule has 0 fully saturated rings. The van der Waals surface area contributed by atoms with E-state index in [0.717, 1.165) is 5.56 Å². The minimum Gasteiger partial charge on any atom is -0.497 e. The maximum Gasteiger partial charge on any atom is 0.243 e. The number of aryl methyl sites for hydroxylation is 2. The van der Waals surface area contributed by atoms with E-state index in [1.165, 1.54) is 11.4 Å². The summed E-state index contributed by atoms with van der Waals surface area (Å²) in [6, 6.07) is 12.8. The first-order valence-electron chi connectivity index (χ1n) is 8.32. The summed E-state index contributed by atoms with van der Waals surface area (Å²) in [4.78, 5) is 4.55. The molecule has 142 valence electrons. The first-order valence-corrected chi connectivity index (χ1v) is 9.76. The minimum absolute atomic E-state index is 0.0208. The van der Waals surface area contributed by atoms with Gasteiger partial charge in [0.05, 0.1) is 18.6 Å². The van der Waals surface area contributed by atoms with Crippen molar-refractivity contribution in [2.45, 2.75) is 25.3 Å². The van der Waals surface area contributed by atoms with Gasteiger partial charge in [0.15, 0.2) is 0 Å². The fraction of sp³-hybridized carbons (Fsp3) is 0.263. The van der Waals surface area contributed by atoms with E-state index >= 15 is 0 Å². The van der Waals surface area contributed by atoms with Gasteiger partial charge in [-0.15, -0.1) is 0 Å². The van der Waals surface area contributed by atoms with Crippen molar-refractivity contribution in [3.8, 4) is 17.1 Å². The summed E-state index contributed by atoms with van der Waals surface area (Å²) in [7, 11) is -0.688. The van der Waals surface area contributed by atoms with Gasteiger partial charge in [-0.25, -0.2) is 8.42 Å². The third kappa shape index (κ3) is 3.86. The Kier molecular flexibility index (Phi) is 5.29. The number of methoxy groups -OCH3 is 1. The fourth-order valence-corrected chi connectivity index (χ4v) is 4.41. The summed E-state index contributed by atoms with van der Waals surface area (Å²) in [5.74, 6) is 1.27. The molecule has 0 radical (unpaired) electrons. The molecule has 1 heterocycles. The lowest BCUT2D eigenvalue weighted by Crippen LogP contribution is -2.28. The molecule has 0 aliphatic heterocycles. The largest absolute Gasteiger partial charge is 0.497 e. The van der Waals surface area contributed by atoms with Crippen molar-refractivity contribution in [3.63, 3.8) is 0 Å². The zero-order valence-corrected chi connectivity index (χ0v) is 16.4. The molecule has 3 rings (SSSR count). The average Bonchev–Trinajstić information content (AvgIpc) is 3.10. The molecule has 27 heavy (non-hydrogen) atoms. The Morgan fingerprint density at radius 1 is 1.11 bits per heavy atom. The van der Waals surface area contributed by atoms with Crippen LogP contribution in [0.5, 0.6) is 5.75 Å². The van der Waals surface area contributed by atoms with Crippen molar-refractivity contribution in [1.82, 2.24) is 14.4 Å². The normalized spacial score (nSPS) is 11.7. The monoisotopic (exact) mass is 387 g/mol. The standard InChI is InChI=1S/C19H21N3O4S/c1-13-10-16(25-4)11-14(2)18(13)27(23,24)22(3)12-17-20-19(21-26-17)15-8-6-5-7-9-15/h5-11H,12H2,1-4H3. The van der Waals surface area contributed by atoms with Crippen LogP contribution in [-0.2, 0) is 16.6 Å². The van der Waals surface area contributed by atoms with Crippen molar-refractivity contribution in [3.05, 3.63) is 59.5 Å². The van der Waals surface area contributed by atoms with Gasteiger partial charge in [-0.2, -0.15) is 9.29 Å². The quantitative estimate of drug-likeness (QED) is 0.646. The molecular formula is C19H21N3O4S. The molecule has 0 bridgehead atoms. The van der Waals surface area contributed by atoms with Crippen molar-refractivity contribution < 1.29 is 17.7 Å². The molecule has 0 saturated carbocycles. The van der Waals surface area contributed by atoms with E-state index in [1.54, 1.807) is 33.1 Å². The maximum atomic E-state index is 13.0. The topological polar surface area (TPSA) is 85.5 Å². The second kappa shape index (κ2) is 7.50. The summed E-state index contributed by atoms with van der Waals surface area (Å²) in [5, 5.41) is 3.93. The molecule has 3 aromatic rings. The molecule has 0 aliphatic carbocycles. The van der Waals surface area contributed by atoms with Gasteiger partial charge in [0, 0.05) is 12.6 Å². The van der Waals surface area contributed by atoms with Crippen LogP contribution in [0.2, 0.25) is 0 Å². The Bertz CT molecular complexity index is 1020. The molecule has 2 aromatic carbocycles. The molecule has 1 aromatic heterocycles. The minimum atomic E-state index is -3.73. The summed E-state index contributed by atoms with van der Waals surface area (Å²) in [5.41, 5.74) is 2.04. The van der Waals surface area contributed by atoms with E-state index in [1.807, 2.05) is 30.3 Å². The summed E-state index contributed by atoms with van der Waals surface area (Å²) in [6.45, 7) is 3.47. The molecular weight excluding hydrogens is 366 g/mol. The van der Waals surface area contributed by atoms with Crippen LogP contribution in [0, 0.1) is 13.8 Å². The number of aromatic nitrogens is 2. The van der Waals surface area contributed by atoms with E-state index in [0.29, 0.717) is 22.7 Å². The van der Waals surface area contributed by atoms with Crippen molar-refractivity contribution in [2.24, 2.45) is 0 Å². The smallest absolute Gasteiger partial charge is 0.243 e. The first-order chi connectivity index (χ1) is 12.8. The van der Waals surface area contributed by atoms with Gasteiger partial charge in [0.2, 0.25) is 21.7 Å².